The van der Waals surface area contributed by atoms with Gasteiger partial charge in [0.25, 0.3) is 0 Å². The minimum Gasteiger partial charge on any atom is -0.394 e. The van der Waals surface area contributed by atoms with Gasteiger partial charge in [0.15, 0.2) is 23.2 Å². The van der Waals surface area contributed by atoms with Crippen molar-refractivity contribution in [3.8, 4) is 0 Å². The minimum absolute atomic E-state index is 0.0601. The van der Waals surface area contributed by atoms with Crippen LogP contribution in [-0.4, -0.2) is 59.8 Å². The topological polar surface area (TPSA) is 188 Å². The Labute approximate surface area is 122 Å². The number of nitrogens with zero attached hydrogens (tertiary/aromatic N) is 7. The van der Waals surface area contributed by atoms with E-state index in [0.29, 0.717) is 0 Å². The minimum atomic E-state index is -1.38. The maximum Gasteiger partial charge on any atom is 0.201 e. The van der Waals surface area contributed by atoms with E-state index in [2.05, 4.69) is 25.0 Å². The van der Waals surface area contributed by atoms with Crippen molar-refractivity contribution < 1.29 is 20.1 Å². The summed E-state index contributed by atoms with van der Waals surface area (Å²) in [5.41, 5.74) is 14.7. The number of nitrogens with two attached hydrogens (primary N) is 1. The third-order valence-corrected chi connectivity index (χ3v) is 3.39. The lowest BCUT2D eigenvalue weighted by Gasteiger charge is -2.17. The fraction of sp³-hybridized carbons (Fsp3) is 0.500. The summed E-state index contributed by atoms with van der Waals surface area (Å²) in [6, 6.07) is 0. The number of azide groups is 1. The van der Waals surface area contributed by atoms with Crippen molar-refractivity contribution in [2.45, 2.75) is 24.5 Å². The molecule has 12 nitrogen and oxygen atoms in total. The summed E-state index contributed by atoms with van der Waals surface area (Å²) in [4.78, 5) is 14.4. The number of fused-ring (bicyclic) bond motifs is 1. The third-order valence-electron chi connectivity index (χ3n) is 3.39. The van der Waals surface area contributed by atoms with Crippen molar-refractivity contribution in [3.05, 3.63) is 16.8 Å². The monoisotopic (exact) mass is 308 g/mol. The summed E-state index contributed by atoms with van der Waals surface area (Å²) in [6.45, 7) is -0.491. The second kappa shape index (κ2) is 5.36. The molecule has 5 N–H and O–H groups in total. The van der Waals surface area contributed by atoms with Gasteiger partial charge in [-0.3, -0.25) is 4.57 Å². The highest BCUT2D eigenvalue weighted by molar-refractivity contribution is 5.83. The number of aromatic nitrogens is 4. The van der Waals surface area contributed by atoms with Crippen molar-refractivity contribution in [2.24, 2.45) is 5.11 Å². The highest BCUT2D eigenvalue weighted by Crippen LogP contribution is 2.35. The van der Waals surface area contributed by atoms with Crippen LogP contribution in [0.2, 0.25) is 0 Å². The largest absolute Gasteiger partial charge is 0.394 e. The van der Waals surface area contributed by atoms with Crippen LogP contribution < -0.4 is 5.73 Å². The first-order chi connectivity index (χ1) is 10.6. The molecule has 0 radical (unpaired) electrons. The molecular formula is C10H12N8O4. The molecular weight excluding hydrogens is 296 g/mol. The number of anilines is 1. The number of hydrogen-bond acceptors (Lipinski definition) is 9. The molecule has 0 aromatic carbocycles. The maximum atomic E-state index is 10.1. The van der Waals surface area contributed by atoms with Gasteiger partial charge in [0.1, 0.15) is 24.6 Å². The molecule has 0 spiro atoms. The Morgan fingerprint density at radius 2 is 2.18 bits per heavy atom. The van der Waals surface area contributed by atoms with Gasteiger partial charge in [-0.2, -0.15) is 0 Å². The summed E-state index contributed by atoms with van der Waals surface area (Å²) in [6.07, 6.45) is -3.65. The third kappa shape index (κ3) is 2.03. The lowest BCUT2D eigenvalue weighted by molar-refractivity contribution is -0.0502. The smallest absolute Gasteiger partial charge is 0.201 e. The summed E-state index contributed by atoms with van der Waals surface area (Å²) in [5.74, 6) is -0.0931. The van der Waals surface area contributed by atoms with Gasteiger partial charge >= 0.3 is 0 Å². The zero-order valence-corrected chi connectivity index (χ0v) is 11.1. The fourth-order valence-electron chi connectivity index (χ4n) is 2.35. The number of aliphatic hydroxyl groups excluding tert-OH is 3. The van der Waals surface area contributed by atoms with E-state index in [9.17, 15) is 10.2 Å². The van der Waals surface area contributed by atoms with E-state index in [-0.39, 0.29) is 22.9 Å². The van der Waals surface area contributed by atoms with E-state index in [1.165, 1.54) is 10.9 Å². The summed E-state index contributed by atoms with van der Waals surface area (Å²) in [5, 5.41) is 32.5. The molecule has 1 fully saturated rings. The van der Waals surface area contributed by atoms with E-state index in [1.807, 2.05) is 0 Å². The summed E-state index contributed by atoms with van der Waals surface area (Å²) < 4.78 is 6.61. The van der Waals surface area contributed by atoms with Gasteiger partial charge in [0.2, 0.25) is 5.95 Å². The van der Waals surface area contributed by atoms with Gasteiger partial charge in [0.05, 0.1) is 6.61 Å². The number of imidazole rings is 1. The van der Waals surface area contributed by atoms with Gasteiger partial charge in [0, 0.05) is 4.91 Å². The standard InChI is InChI=1S/C10H12N8O4/c11-7-4-8(14-2-13-7)18(10(15-4)16-17-12)9-6(21)5(20)3(1-19)22-9/h2-3,5-6,9,19-21H,1H2,(H2,11,13,14)/t3-,5-,6-,9-/m0/s1. The Hall–Kier alpha value is -2.50. The van der Waals surface area contributed by atoms with Crippen LogP contribution in [0.1, 0.15) is 6.23 Å². The van der Waals surface area contributed by atoms with Gasteiger partial charge in [-0.1, -0.05) is 0 Å². The lowest BCUT2D eigenvalue weighted by atomic mass is 10.1. The van der Waals surface area contributed by atoms with Crippen LogP contribution in [0.4, 0.5) is 11.8 Å². The van der Waals surface area contributed by atoms with Crippen LogP contribution in [0, 0.1) is 0 Å². The van der Waals surface area contributed by atoms with Gasteiger partial charge in [-0.15, -0.1) is 0 Å². The Morgan fingerprint density at radius 1 is 1.41 bits per heavy atom. The molecule has 3 rings (SSSR count). The zero-order chi connectivity index (χ0) is 15.9. The molecule has 1 aliphatic heterocycles. The molecule has 2 aromatic rings. The van der Waals surface area contributed by atoms with Gasteiger partial charge in [-0.05, 0) is 10.6 Å². The Balaban J connectivity index is 2.19. The predicted octanol–water partition coefficient (Wildman–Crippen LogP) is -1.04. The number of hydrogen-bond donors (Lipinski definition) is 4. The molecule has 1 saturated heterocycles. The first-order valence-electron chi connectivity index (χ1n) is 6.24. The van der Waals surface area contributed by atoms with Crippen molar-refractivity contribution in [2.75, 3.05) is 12.3 Å². The van der Waals surface area contributed by atoms with Crippen LogP contribution in [0.5, 0.6) is 0 Å². The summed E-state index contributed by atoms with van der Waals surface area (Å²) >= 11 is 0. The molecule has 2 aromatic heterocycles. The summed E-state index contributed by atoms with van der Waals surface area (Å²) in [7, 11) is 0. The molecule has 12 heteroatoms. The average molecular weight is 308 g/mol. The number of ether oxygens (including phenoxy) is 1. The normalized spacial score (nSPS) is 28.0. The van der Waals surface area contributed by atoms with Crippen LogP contribution in [0.3, 0.4) is 0 Å². The Bertz CT molecular complexity index is 757. The molecule has 0 amide bonds. The average Bonchev–Trinajstić information content (AvgIpc) is 3.00. The molecule has 1 aliphatic rings. The predicted molar refractivity (Wildman–Crippen MR) is 71.6 cm³/mol. The molecule has 0 bridgehead atoms. The second-order valence-corrected chi connectivity index (χ2v) is 4.63. The lowest BCUT2D eigenvalue weighted by Crippen LogP contribution is -2.33. The van der Waals surface area contributed by atoms with Gasteiger partial charge < -0.3 is 25.8 Å². The van der Waals surface area contributed by atoms with E-state index < -0.39 is 31.1 Å². The van der Waals surface area contributed by atoms with Crippen molar-refractivity contribution in [1.82, 2.24) is 19.5 Å². The van der Waals surface area contributed by atoms with Gasteiger partial charge in [-0.25, -0.2) is 15.0 Å². The first-order valence-corrected chi connectivity index (χ1v) is 6.24. The Kier molecular flexibility index (Phi) is 3.52. The molecule has 3 heterocycles. The number of nitrogen functional groups attached to an aromatic ring is 1. The van der Waals surface area contributed by atoms with Crippen LogP contribution in [0.15, 0.2) is 11.4 Å². The number of rotatable bonds is 3. The van der Waals surface area contributed by atoms with Crippen molar-refractivity contribution >= 4 is 22.9 Å². The van der Waals surface area contributed by atoms with E-state index in [0.717, 1.165) is 0 Å². The quantitative estimate of drug-likeness (QED) is 0.314. The zero-order valence-electron chi connectivity index (χ0n) is 11.1. The molecule has 0 saturated carbocycles. The fourth-order valence-corrected chi connectivity index (χ4v) is 2.35. The van der Waals surface area contributed by atoms with Crippen LogP contribution in [-0.2, 0) is 4.74 Å². The van der Waals surface area contributed by atoms with Crippen LogP contribution >= 0.6 is 0 Å². The van der Waals surface area contributed by atoms with E-state index in [1.54, 1.807) is 0 Å². The van der Waals surface area contributed by atoms with Crippen molar-refractivity contribution in [1.29, 1.82) is 0 Å². The molecule has 116 valence electrons. The van der Waals surface area contributed by atoms with E-state index in [4.69, 9.17) is 21.1 Å². The molecule has 22 heavy (non-hydrogen) atoms. The Morgan fingerprint density at radius 3 is 2.82 bits per heavy atom. The SMILES string of the molecule is [N-]=[N+]=Nc1nc2c(N)ncnc2n1[C@H]1O[C@@H](CO)[C@H](O)[C@@H]1O. The molecule has 0 aliphatic carbocycles. The highest BCUT2D eigenvalue weighted by atomic mass is 16.6. The highest BCUT2D eigenvalue weighted by Gasteiger charge is 2.44. The molecule has 0 unspecified atom stereocenters. The maximum absolute atomic E-state index is 10.1. The second-order valence-electron chi connectivity index (χ2n) is 4.63. The van der Waals surface area contributed by atoms with E-state index >= 15 is 0 Å². The number of aliphatic hydroxyl groups is 3. The van der Waals surface area contributed by atoms with Crippen LogP contribution in [0.25, 0.3) is 21.6 Å². The first kappa shape index (κ1) is 14.4. The van der Waals surface area contributed by atoms with Crippen molar-refractivity contribution in [3.63, 3.8) is 0 Å². The molecule has 4 atom stereocenters.